The molecule has 0 aromatic heterocycles. The molecule has 3 atom stereocenters. The minimum Gasteiger partial charge on any atom is -0.315 e. The number of allylic oxidation sites excluding steroid dienone is 4. The zero-order valence-electron chi connectivity index (χ0n) is 12.4. The van der Waals surface area contributed by atoms with Crippen molar-refractivity contribution in [2.45, 2.75) is 24.6 Å². The van der Waals surface area contributed by atoms with Crippen molar-refractivity contribution in [3.63, 3.8) is 0 Å². The van der Waals surface area contributed by atoms with Crippen molar-refractivity contribution in [3.05, 3.63) is 35.8 Å². The largest absolute Gasteiger partial charge is 0.315 e. The molecule has 2 heterocycles. The molecule has 1 saturated heterocycles. The van der Waals surface area contributed by atoms with E-state index in [1.54, 1.807) is 18.2 Å². The van der Waals surface area contributed by atoms with Crippen molar-refractivity contribution in [1.82, 2.24) is 9.62 Å². The van der Waals surface area contributed by atoms with Crippen molar-refractivity contribution in [2.24, 2.45) is 10.9 Å². The molecule has 0 radical (unpaired) electrons. The third-order valence-corrected chi connectivity index (χ3v) is 6.64. The predicted molar refractivity (Wildman–Crippen MR) is 84.8 cm³/mol. The van der Waals surface area contributed by atoms with Crippen LogP contribution in [0.25, 0.3) is 0 Å². The summed E-state index contributed by atoms with van der Waals surface area (Å²) in [5.41, 5.74) is 0.608. The second-order valence-electron chi connectivity index (χ2n) is 5.85. The van der Waals surface area contributed by atoms with E-state index in [1.165, 1.54) is 10.5 Å². The summed E-state index contributed by atoms with van der Waals surface area (Å²) in [4.78, 5) is 3.82. The number of nitrogens with zero attached hydrogens (tertiary/aromatic N) is 2. The first kappa shape index (κ1) is 15.6. The van der Waals surface area contributed by atoms with Crippen LogP contribution in [-0.4, -0.2) is 49.9 Å². The predicted octanol–water partition coefficient (Wildman–Crippen LogP) is 1.38. The maximum atomic E-state index is 14.2. The second-order valence-corrected chi connectivity index (χ2v) is 7.89. The number of sulfonamides is 1. The summed E-state index contributed by atoms with van der Waals surface area (Å²) in [5.74, 6) is -1.27. The lowest BCUT2D eigenvalue weighted by atomic mass is 9.89. The molecular formula is C15H20FN3O2S. The summed E-state index contributed by atoms with van der Waals surface area (Å²) in [6.07, 6.45) is 8.39. The summed E-state index contributed by atoms with van der Waals surface area (Å²) in [7, 11) is -3.64. The molecule has 2 aliphatic heterocycles. The van der Waals surface area contributed by atoms with Crippen LogP contribution in [0.3, 0.4) is 0 Å². The monoisotopic (exact) mass is 325 g/mol. The fourth-order valence-electron chi connectivity index (χ4n) is 3.19. The van der Waals surface area contributed by atoms with Crippen LogP contribution in [-0.2, 0) is 10.0 Å². The Morgan fingerprint density at radius 3 is 3.09 bits per heavy atom. The molecule has 7 heteroatoms. The molecule has 0 aromatic carbocycles. The highest BCUT2D eigenvalue weighted by atomic mass is 32.2. The van der Waals surface area contributed by atoms with E-state index in [0.29, 0.717) is 18.7 Å². The molecule has 1 aliphatic carbocycles. The van der Waals surface area contributed by atoms with Gasteiger partial charge in [-0.1, -0.05) is 18.2 Å². The van der Waals surface area contributed by atoms with Crippen LogP contribution in [0.4, 0.5) is 4.39 Å². The van der Waals surface area contributed by atoms with Gasteiger partial charge >= 0.3 is 0 Å². The highest BCUT2D eigenvalue weighted by Crippen LogP contribution is 2.36. The number of aliphatic imine (C=N–C) groups is 1. The van der Waals surface area contributed by atoms with E-state index in [4.69, 9.17) is 0 Å². The topological polar surface area (TPSA) is 61.8 Å². The Labute approximate surface area is 130 Å². The van der Waals surface area contributed by atoms with Gasteiger partial charge in [-0.3, -0.25) is 4.99 Å². The van der Waals surface area contributed by atoms with Gasteiger partial charge in [0, 0.05) is 25.3 Å². The molecule has 3 aliphatic rings. The van der Waals surface area contributed by atoms with Crippen molar-refractivity contribution in [2.75, 3.05) is 19.6 Å². The van der Waals surface area contributed by atoms with Crippen LogP contribution in [0.15, 0.2) is 40.8 Å². The van der Waals surface area contributed by atoms with E-state index >= 15 is 0 Å². The van der Waals surface area contributed by atoms with Gasteiger partial charge in [0.25, 0.3) is 0 Å². The molecule has 0 bridgehead atoms. The zero-order chi connectivity index (χ0) is 15.7. The van der Waals surface area contributed by atoms with E-state index < -0.39 is 27.0 Å². The summed E-state index contributed by atoms with van der Waals surface area (Å²) >= 11 is 0. The lowest BCUT2D eigenvalue weighted by Crippen LogP contribution is -2.48. The Kier molecular flexibility index (Phi) is 4.29. The van der Waals surface area contributed by atoms with Crippen LogP contribution in [0, 0.1) is 5.92 Å². The molecule has 0 spiro atoms. The zero-order valence-corrected chi connectivity index (χ0v) is 13.3. The number of hydrogen-bond donors (Lipinski definition) is 1. The van der Waals surface area contributed by atoms with Gasteiger partial charge in [0.2, 0.25) is 10.0 Å². The van der Waals surface area contributed by atoms with Crippen molar-refractivity contribution < 1.29 is 12.8 Å². The summed E-state index contributed by atoms with van der Waals surface area (Å²) in [6, 6.07) is -0.139. The number of hydrogen-bond acceptors (Lipinski definition) is 4. The highest BCUT2D eigenvalue weighted by molar-refractivity contribution is 7.90. The number of nitrogens with one attached hydrogen (secondary N) is 1. The Hall–Kier alpha value is -1.31. The number of rotatable bonds is 2. The van der Waals surface area contributed by atoms with Crippen LogP contribution >= 0.6 is 0 Å². The molecule has 1 fully saturated rings. The van der Waals surface area contributed by atoms with Gasteiger partial charge in [-0.2, -0.15) is 4.31 Å². The molecule has 0 saturated carbocycles. The summed E-state index contributed by atoms with van der Waals surface area (Å²) in [6.45, 7) is 3.76. The molecule has 22 heavy (non-hydrogen) atoms. The molecule has 5 nitrogen and oxygen atoms in total. The first-order chi connectivity index (χ1) is 10.5. The van der Waals surface area contributed by atoms with Gasteiger partial charge < -0.3 is 5.32 Å². The average molecular weight is 325 g/mol. The minimum absolute atomic E-state index is 0.139. The van der Waals surface area contributed by atoms with Gasteiger partial charge in [0.05, 0.1) is 12.1 Å². The quantitative estimate of drug-likeness (QED) is 0.834. The van der Waals surface area contributed by atoms with Gasteiger partial charge in [-0.05, 0) is 25.5 Å². The van der Waals surface area contributed by atoms with E-state index in [2.05, 4.69) is 10.3 Å². The Morgan fingerprint density at radius 1 is 1.45 bits per heavy atom. The fraction of sp³-hybridized carbons (Fsp3) is 0.533. The standard InChI is InChI=1S/C15H20FN3O2S/c1-11-8-17-6-3-7-19(11)22(20,21)14-5-2-4-12-9-18-10-13(16)15(12)14/h2,4-5,9-11,14-15,17H,3,6-8H2,1H3/t11-,14?,15?/m0/s1. The maximum absolute atomic E-state index is 14.2. The smallest absolute Gasteiger partial charge is 0.221 e. The van der Waals surface area contributed by atoms with E-state index in [0.717, 1.165) is 19.2 Å². The van der Waals surface area contributed by atoms with Gasteiger partial charge in [-0.25, -0.2) is 12.8 Å². The van der Waals surface area contributed by atoms with Crippen molar-refractivity contribution in [3.8, 4) is 0 Å². The van der Waals surface area contributed by atoms with Gasteiger partial charge in [0.1, 0.15) is 11.1 Å². The Bertz CT molecular complexity index is 666. The molecule has 1 N–H and O–H groups in total. The molecule has 0 aromatic rings. The van der Waals surface area contributed by atoms with Gasteiger partial charge in [0.15, 0.2) is 0 Å². The SMILES string of the molecule is C[C@H]1CNCCCN1S(=O)(=O)C1C=CC=C2C=NC=C(F)C21. The van der Waals surface area contributed by atoms with Crippen LogP contribution in [0.2, 0.25) is 0 Å². The van der Waals surface area contributed by atoms with Crippen molar-refractivity contribution >= 4 is 16.2 Å². The van der Waals surface area contributed by atoms with Crippen LogP contribution in [0.1, 0.15) is 13.3 Å². The van der Waals surface area contributed by atoms with Crippen molar-refractivity contribution in [1.29, 1.82) is 0 Å². The van der Waals surface area contributed by atoms with E-state index in [1.807, 2.05) is 6.92 Å². The molecule has 2 unspecified atom stereocenters. The summed E-state index contributed by atoms with van der Waals surface area (Å²) in [5, 5.41) is 2.32. The first-order valence-electron chi connectivity index (χ1n) is 7.50. The molecule has 0 amide bonds. The fourth-order valence-corrected chi connectivity index (χ4v) is 5.39. The average Bonchev–Trinajstić information content (AvgIpc) is 2.72. The van der Waals surface area contributed by atoms with E-state index in [-0.39, 0.29) is 6.04 Å². The van der Waals surface area contributed by atoms with Crippen LogP contribution in [0.5, 0.6) is 0 Å². The Balaban J connectivity index is 1.95. The lowest BCUT2D eigenvalue weighted by Gasteiger charge is -2.34. The third kappa shape index (κ3) is 2.68. The second kappa shape index (κ2) is 6.06. The number of fused-ring (bicyclic) bond motifs is 1. The molecule has 120 valence electrons. The Morgan fingerprint density at radius 2 is 2.27 bits per heavy atom. The third-order valence-electron chi connectivity index (χ3n) is 4.33. The van der Waals surface area contributed by atoms with Crippen LogP contribution < -0.4 is 5.32 Å². The normalized spacial score (nSPS) is 32.9. The molecule has 3 rings (SSSR count). The lowest BCUT2D eigenvalue weighted by molar-refractivity contribution is 0.345. The molecular weight excluding hydrogens is 305 g/mol. The number of halogens is 1. The maximum Gasteiger partial charge on any atom is 0.221 e. The summed E-state index contributed by atoms with van der Waals surface area (Å²) < 4.78 is 41.9. The minimum atomic E-state index is -3.64. The van der Waals surface area contributed by atoms with Gasteiger partial charge in [-0.15, -0.1) is 0 Å². The van der Waals surface area contributed by atoms with E-state index in [9.17, 15) is 12.8 Å². The highest BCUT2D eigenvalue weighted by Gasteiger charge is 2.43. The first-order valence-corrected chi connectivity index (χ1v) is 9.00.